The van der Waals surface area contributed by atoms with E-state index in [0.29, 0.717) is 16.4 Å². The van der Waals surface area contributed by atoms with Gasteiger partial charge in [-0.3, -0.25) is 5.41 Å². The van der Waals surface area contributed by atoms with E-state index in [-0.39, 0.29) is 18.1 Å². The molecule has 0 bridgehead atoms. The van der Waals surface area contributed by atoms with Crippen LogP contribution in [0, 0.1) is 19.3 Å². The van der Waals surface area contributed by atoms with E-state index in [1.807, 2.05) is 38.1 Å². The number of nitrogens with zero attached hydrogens (tertiary/aromatic N) is 2. The number of amidine groups is 1. The van der Waals surface area contributed by atoms with Gasteiger partial charge in [-0.2, -0.15) is 0 Å². The quantitative estimate of drug-likeness (QED) is 0.630. The van der Waals surface area contributed by atoms with Gasteiger partial charge in [-0.05, 0) is 55.3 Å². The molecule has 0 saturated heterocycles. The zero-order chi connectivity index (χ0) is 17.7. The van der Waals surface area contributed by atoms with Crippen molar-refractivity contribution in [2.75, 3.05) is 11.4 Å². The first-order valence-electron chi connectivity index (χ1n) is 7.95. The number of aryl methyl sites for hydroxylation is 2. The van der Waals surface area contributed by atoms with Gasteiger partial charge in [0.1, 0.15) is 17.4 Å². The molecule has 3 aromatic rings. The summed E-state index contributed by atoms with van der Waals surface area (Å²) in [6.45, 7) is 4.31. The molecule has 1 aliphatic heterocycles. The fourth-order valence-electron chi connectivity index (χ4n) is 3.08. The van der Waals surface area contributed by atoms with Crippen molar-refractivity contribution in [1.29, 1.82) is 5.41 Å². The summed E-state index contributed by atoms with van der Waals surface area (Å²) in [6.07, 6.45) is 0. The highest BCUT2D eigenvalue weighted by atomic mass is 35.5. The zero-order valence-electron chi connectivity index (χ0n) is 13.9. The Bertz CT molecular complexity index is 1010. The number of halogens is 1. The minimum atomic E-state index is 0.123. The van der Waals surface area contributed by atoms with Crippen molar-refractivity contribution in [3.05, 3.63) is 64.1 Å². The molecule has 2 heterocycles. The second-order valence-corrected chi connectivity index (χ2v) is 6.71. The average molecular weight is 353 g/mol. The maximum absolute atomic E-state index is 10.5. The number of aliphatic hydroxyl groups is 1. The molecule has 0 aliphatic carbocycles. The van der Waals surface area contributed by atoms with Crippen LogP contribution in [0.3, 0.4) is 0 Å². The lowest BCUT2D eigenvalue weighted by atomic mass is 10.1. The molecule has 5 nitrogen and oxygen atoms in total. The van der Waals surface area contributed by atoms with E-state index in [4.69, 9.17) is 17.0 Å². The van der Waals surface area contributed by atoms with Crippen molar-refractivity contribution in [3.63, 3.8) is 0 Å². The van der Waals surface area contributed by atoms with E-state index in [9.17, 15) is 5.11 Å². The first-order valence-corrected chi connectivity index (χ1v) is 8.33. The van der Waals surface area contributed by atoms with E-state index in [2.05, 4.69) is 9.97 Å². The van der Waals surface area contributed by atoms with Gasteiger partial charge in [-0.25, -0.2) is 4.98 Å². The summed E-state index contributed by atoms with van der Waals surface area (Å²) in [5.41, 5.74) is 5.24. The van der Waals surface area contributed by atoms with Crippen LogP contribution in [0.25, 0.3) is 16.6 Å². The SMILES string of the molecule is Cc1cc2nc(C3=C(O)CN(c4cccc(Cl)c4)C3=N)[nH]c2cc1C. The molecule has 0 unspecified atom stereocenters. The fourth-order valence-corrected chi connectivity index (χ4v) is 3.27. The van der Waals surface area contributed by atoms with Crippen LogP contribution < -0.4 is 4.90 Å². The third-order valence-corrected chi connectivity index (χ3v) is 4.79. The number of hydrogen-bond donors (Lipinski definition) is 3. The Balaban J connectivity index is 1.75. The Morgan fingerprint density at radius 3 is 2.72 bits per heavy atom. The van der Waals surface area contributed by atoms with Crippen LogP contribution in [-0.2, 0) is 0 Å². The third kappa shape index (κ3) is 2.57. The number of aliphatic hydroxyl groups excluding tert-OH is 1. The third-order valence-electron chi connectivity index (χ3n) is 4.56. The number of aromatic amines is 1. The normalized spacial score (nSPS) is 14.8. The lowest BCUT2D eigenvalue weighted by Gasteiger charge is -2.18. The Kier molecular flexibility index (Phi) is 3.54. The number of aromatic nitrogens is 2. The summed E-state index contributed by atoms with van der Waals surface area (Å²) >= 11 is 6.05. The highest BCUT2D eigenvalue weighted by molar-refractivity contribution is 6.32. The number of anilines is 1. The fraction of sp³-hybridized carbons (Fsp3) is 0.158. The van der Waals surface area contributed by atoms with Crippen molar-refractivity contribution in [1.82, 2.24) is 9.97 Å². The predicted octanol–water partition coefficient (Wildman–Crippen LogP) is 4.60. The molecule has 0 atom stereocenters. The lowest BCUT2D eigenvalue weighted by Crippen LogP contribution is -2.26. The van der Waals surface area contributed by atoms with Gasteiger partial charge in [-0.1, -0.05) is 17.7 Å². The number of fused-ring (bicyclic) bond motifs is 1. The highest BCUT2D eigenvalue weighted by Gasteiger charge is 2.31. The molecule has 0 saturated carbocycles. The van der Waals surface area contributed by atoms with E-state index in [0.717, 1.165) is 22.3 Å². The summed E-state index contributed by atoms with van der Waals surface area (Å²) in [7, 11) is 0. The molecule has 0 radical (unpaired) electrons. The number of H-pyrrole nitrogens is 1. The minimum absolute atomic E-state index is 0.123. The number of benzene rings is 2. The lowest BCUT2D eigenvalue weighted by molar-refractivity contribution is 0.411. The maximum Gasteiger partial charge on any atom is 0.145 e. The molecular weight excluding hydrogens is 336 g/mol. The Morgan fingerprint density at radius 2 is 1.96 bits per heavy atom. The number of hydrogen-bond acceptors (Lipinski definition) is 3. The summed E-state index contributed by atoms with van der Waals surface area (Å²) in [5, 5.41) is 19.5. The molecule has 3 N–H and O–H groups in total. The Hall–Kier alpha value is -2.79. The van der Waals surface area contributed by atoms with Crippen molar-refractivity contribution in [2.24, 2.45) is 0 Å². The van der Waals surface area contributed by atoms with Crippen LogP contribution in [-0.4, -0.2) is 27.5 Å². The number of imidazole rings is 1. The van der Waals surface area contributed by atoms with Crippen molar-refractivity contribution in [3.8, 4) is 0 Å². The average Bonchev–Trinajstić information content (AvgIpc) is 3.08. The molecule has 0 fully saturated rings. The van der Waals surface area contributed by atoms with Gasteiger partial charge in [-0.15, -0.1) is 0 Å². The van der Waals surface area contributed by atoms with E-state index < -0.39 is 0 Å². The van der Waals surface area contributed by atoms with Crippen LogP contribution in [0.2, 0.25) is 5.02 Å². The first kappa shape index (κ1) is 15.7. The summed E-state index contributed by atoms with van der Waals surface area (Å²) in [5.74, 6) is 0.830. The van der Waals surface area contributed by atoms with Gasteiger partial charge < -0.3 is 15.0 Å². The van der Waals surface area contributed by atoms with Crippen molar-refractivity contribution >= 4 is 39.7 Å². The molecule has 126 valence electrons. The maximum atomic E-state index is 10.5. The van der Waals surface area contributed by atoms with Crippen LogP contribution in [0.15, 0.2) is 42.2 Å². The summed E-state index contributed by atoms with van der Waals surface area (Å²) in [6, 6.07) is 11.3. The van der Waals surface area contributed by atoms with Gasteiger partial charge in [0, 0.05) is 10.7 Å². The minimum Gasteiger partial charge on any atom is -0.509 e. The Morgan fingerprint density at radius 1 is 1.20 bits per heavy atom. The van der Waals surface area contributed by atoms with Gasteiger partial charge in [0.05, 0.1) is 23.2 Å². The number of rotatable bonds is 2. The molecule has 0 spiro atoms. The molecule has 6 heteroatoms. The molecule has 0 amide bonds. The first-order chi connectivity index (χ1) is 11.9. The highest BCUT2D eigenvalue weighted by Crippen LogP contribution is 2.32. The summed E-state index contributed by atoms with van der Waals surface area (Å²) in [4.78, 5) is 9.51. The van der Waals surface area contributed by atoms with Crippen LogP contribution >= 0.6 is 11.6 Å². The van der Waals surface area contributed by atoms with Gasteiger partial charge in [0.2, 0.25) is 0 Å². The summed E-state index contributed by atoms with van der Waals surface area (Å²) < 4.78 is 0. The molecule has 1 aromatic heterocycles. The molecule has 1 aliphatic rings. The van der Waals surface area contributed by atoms with Gasteiger partial charge in [0.15, 0.2) is 0 Å². The molecule has 4 rings (SSSR count). The topological polar surface area (TPSA) is 76.0 Å². The number of nitrogens with one attached hydrogen (secondary N) is 2. The van der Waals surface area contributed by atoms with Crippen LogP contribution in [0.4, 0.5) is 5.69 Å². The van der Waals surface area contributed by atoms with Gasteiger partial charge in [0.25, 0.3) is 0 Å². The van der Waals surface area contributed by atoms with Crippen molar-refractivity contribution < 1.29 is 5.11 Å². The second-order valence-electron chi connectivity index (χ2n) is 6.28. The molecular formula is C19H17ClN4O. The van der Waals surface area contributed by atoms with Crippen molar-refractivity contribution in [2.45, 2.75) is 13.8 Å². The molecule has 2 aromatic carbocycles. The van der Waals surface area contributed by atoms with Gasteiger partial charge >= 0.3 is 0 Å². The standard InChI is InChI=1S/C19H17ClN4O/c1-10-6-14-15(7-11(10)2)23-19(22-14)17-16(25)9-24(18(17)21)13-5-3-4-12(20)8-13/h3-8,21,25H,9H2,1-2H3,(H,22,23). The largest absolute Gasteiger partial charge is 0.509 e. The molecule has 25 heavy (non-hydrogen) atoms. The van der Waals surface area contributed by atoms with E-state index >= 15 is 0 Å². The zero-order valence-corrected chi connectivity index (χ0v) is 14.6. The predicted molar refractivity (Wildman–Crippen MR) is 102 cm³/mol. The van der Waals surface area contributed by atoms with E-state index in [1.165, 1.54) is 5.56 Å². The second kappa shape index (κ2) is 5.63. The monoisotopic (exact) mass is 352 g/mol. The van der Waals surface area contributed by atoms with E-state index in [1.54, 1.807) is 17.0 Å². The van der Waals surface area contributed by atoms with Crippen LogP contribution in [0.5, 0.6) is 0 Å². The van der Waals surface area contributed by atoms with Crippen LogP contribution in [0.1, 0.15) is 17.0 Å². The Labute approximate surface area is 150 Å². The smallest absolute Gasteiger partial charge is 0.145 e.